The lowest BCUT2D eigenvalue weighted by atomic mass is 9.96. The topological polar surface area (TPSA) is 4.93 Å². The van der Waals surface area contributed by atoms with E-state index in [4.69, 9.17) is 0 Å². The maximum atomic E-state index is 2.50. The summed E-state index contributed by atoms with van der Waals surface area (Å²) in [4.78, 5) is 0. The Bertz CT molecular complexity index is 2470. The van der Waals surface area contributed by atoms with Crippen molar-refractivity contribution in [1.29, 1.82) is 0 Å². The molecular weight excluding hydrogens is 551 g/mol. The predicted molar refractivity (Wildman–Crippen MR) is 190 cm³/mol. The fourth-order valence-electron chi connectivity index (χ4n) is 6.69. The van der Waals surface area contributed by atoms with Gasteiger partial charge in [0, 0.05) is 31.9 Å². The molecule has 0 saturated carbocycles. The van der Waals surface area contributed by atoms with Gasteiger partial charge in [-0.1, -0.05) is 133 Å². The average molecular weight is 578 g/mol. The van der Waals surface area contributed by atoms with Gasteiger partial charge in [0.2, 0.25) is 0 Å². The number of para-hydroxylation sites is 1. The van der Waals surface area contributed by atoms with Crippen LogP contribution in [-0.2, 0) is 0 Å². The van der Waals surface area contributed by atoms with Gasteiger partial charge in [0.15, 0.2) is 0 Å². The summed E-state index contributed by atoms with van der Waals surface area (Å²) in [6, 6.07) is 59.6. The number of benzene rings is 7. The van der Waals surface area contributed by atoms with Crippen molar-refractivity contribution in [2.75, 3.05) is 0 Å². The second-order valence-corrected chi connectivity index (χ2v) is 12.4. The molecule has 0 unspecified atom stereocenters. The number of thiophene rings is 1. The molecule has 206 valence electrons. The molecule has 0 radical (unpaired) electrons. The summed E-state index contributed by atoms with van der Waals surface area (Å²) in [5.74, 6) is 0. The third-order valence-corrected chi connectivity index (χ3v) is 9.98. The van der Waals surface area contributed by atoms with Crippen molar-refractivity contribution in [3.63, 3.8) is 0 Å². The number of fused-ring (bicyclic) bond motifs is 7. The molecule has 1 nitrogen and oxygen atoms in total. The second kappa shape index (κ2) is 10.1. The molecule has 9 rings (SSSR count). The lowest BCUT2D eigenvalue weighted by Crippen LogP contribution is -1.96. The van der Waals surface area contributed by atoms with Gasteiger partial charge in [0.25, 0.3) is 0 Å². The molecule has 0 aliphatic rings. The maximum Gasteiger partial charge on any atom is 0.0719 e. The zero-order valence-corrected chi connectivity index (χ0v) is 24.8. The highest BCUT2D eigenvalue weighted by atomic mass is 32.1. The van der Waals surface area contributed by atoms with Gasteiger partial charge >= 0.3 is 0 Å². The molecule has 0 aliphatic carbocycles. The van der Waals surface area contributed by atoms with Crippen LogP contribution in [0.5, 0.6) is 0 Å². The van der Waals surface area contributed by atoms with E-state index in [0.29, 0.717) is 0 Å². The van der Waals surface area contributed by atoms with E-state index in [0.717, 1.165) is 0 Å². The third-order valence-electron chi connectivity index (χ3n) is 8.79. The van der Waals surface area contributed by atoms with Gasteiger partial charge in [-0.25, -0.2) is 0 Å². The first-order chi connectivity index (χ1) is 21.8. The van der Waals surface area contributed by atoms with Crippen molar-refractivity contribution in [3.8, 4) is 39.1 Å². The Balaban J connectivity index is 1.33. The molecule has 0 fully saturated rings. The molecule has 0 aliphatic heterocycles. The molecule has 44 heavy (non-hydrogen) atoms. The molecule has 0 spiro atoms. The number of nitrogens with zero attached hydrogens (tertiary/aromatic N) is 1. The highest BCUT2D eigenvalue weighted by Gasteiger charge is 2.18. The van der Waals surface area contributed by atoms with Crippen LogP contribution < -0.4 is 0 Å². The Hall–Kier alpha value is -5.44. The summed E-state index contributed by atoms with van der Waals surface area (Å²) in [7, 11) is 0. The van der Waals surface area contributed by atoms with E-state index in [1.807, 2.05) is 11.3 Å². The van der Waals surface area contributed by atoms with E-state index in [1.165, 1.54) is 81.0 Å². The van der Waals surface area contributed by atoms with E-state index in [2.05, 4.69) is 168 Å². The van der Waals surface area contributed by atoms with Crippen LogP contribution in [0.15, 0.2) is 164 Å². The summed E-state index contributed by atoms with van der Waals surface area (Å²) in [5.41, 5.74) is 11.0. The summed E-state index contributed by atoms with van der Waals surface area (Å²) in [6.45, 7) is 0. The molecule has 2 aromatic heterocycles. The van der Waals surface area contributed by atoms with Gasteiger partial charge in [-0.05, 0) is 63.7 Å². The Morgan fingerprint density at radius 1 is 0.364 bits per heavy atom. The van der Waals surface area contributed by atoms with Crippen molar-refractivity contribution in [2.45, 2.75) is 0 Å². The first-order valence-corrected chi connectivity index (χ1v) is 15.8. The molecule has 0 N–H and O–H groups in total. The average Bonchev–Trinajstić information content (AvgIpc) is 3.65. The van der Waals surface area contributed by atoms with E-state index in [1.54, 1.807) is 0 Å². The largest absolute Gasteiger partial charge is 0.308 e. The first-order valence-electron chi connectivity index (χ1n) is 15.0. The van der Waals surface area contributed by atoms with E-state index >= 15 is 0 Å². The van der Waals surface area contributed by atoms with Crippen LogP contribution in [0.3, 0.4) is 0 Å². The van der Waals surface area contributed by atoms with Crippen molar-refractivity contribution >= 4 is 53.3 Å². The lowest BCUT2D eigenvalue weighted by Gasteiger charge is -2.15. The number of rotatable bonds is 4. The van der Waals surface area contributed by atoms with Gasteiger partial charge in [0.1, 0.15) is 0 Å². The van der Waals surface area contributed by atoms with Crippen molar-refractivity contribution < 1.29 is 0 Å². The van der Waals surface area contributed by atoms with E-state index in [9.17, 15) is 0 Å². The van der Waals surface area contributed by atoms with Crippen LogP contribution in [-0.4, -0.2) is 4.57 Å². The van der Waals surface area contributed by atoms with Gasteiger partial charge in [0.05, 0.1) is 15.7 Å². The van der Waals surface area contributed by atoms with Crippen LogP contribution in [0.2, 0.25) is 0 Å². The van der Waals surface area contributed by atoms with Crippen LogP contribution >= 0.6 is 11.3 Å². The van der Waals surface area contributed by atoms with Crippen LogP contribution in [0.1, 0.15) is 0 Å². The number of hydrogen-bond donors (Lipinski definition) is 0. The predicted octanol–water partition coefficient (Wildman–Crippen LogP) is 12.2. The molecule has 7 aromatic carbocycles. The summed E-state index contributed by atoms with van der Waals surface area (Å²) in [5, 5.41) is 5.21. The Morgan fingerprint density at radius 3 is 1.59 bits per heavy atom. The molecule has 2 heteroatoms. The molecular formula is C42H27NS. The first kappa shape index (κ1) is 25.1. The monoisotopic (exact) mass is 577 g/mol. The number of aromatic nitrogens is 1. The second-order valence-electron chi connectivity index (χ2n) is 11.4. The molecule has 0 bridgehead atoms. The molecule has 0 amide bonds. The minimum Gasteiger partial charge on any atom is -0.308 e. The van der Waals surface area contributed by atoms with E-state index < -0.39 is 0 Å². The highest BCUT2D eigenvalue weighted by Crippen LogP contribution is 2.43. The van der Waals surface area contributed by atoms with Crippen molar-refractivity contribution in [1.82, 2.24) is 4.57 Å². The third kappa shape index (κ3) is 4.00. The van der Waals surface area contributed by atoms with E-state index in [-0.39, 0.29) is 0 Å². The zero-order valence-electron chi connectivity index (χ0n) is 23.9. The van der Waals surface area contributed by atoms with Crippen LogP contribution in [0, 0.1) is 0 Å². The Kier molecular flexibility index (Phi) is 5.75. The molecule has 2 heterocycles. The standard InChI is InChI=1S/C42H27NS/c1-3-11-28(12-4-1)30-19-21-31(22-20-30)33-25-32(29-13-5-2-6-14-29)26-34(27-33)43-39-17-9-7-15-35(39)37-23-24-38-36-16-8-10-18-40(36)44-42(38)41(37)43/h1-27H. The Labute approximate surface area is 259 Å². The van der Waals surface area contributed by atoms with Gasteiger partial charge in [-0.15, -0.1) is 11.3 Å². The minimum absolute atomic E-state index is 1.17. The Morgan fingerprint density at radius 2 is 0.886 bits per heavy atom. The molecule has 0 atom stereocenters. The van der Waals surface area contributed by atoms with Crippen LogP contribution in [0.4, 0.5) is 0 Å². The van der Waals surface area contributed by atoms with Crippen molar-refractivity contribution in [2.24, 2.45) is 0 Å². The summed E-state index contributed by atoms with van der Waals surface area (Å²) in [6.07, 6.45) is 0. The minimum atomic E-state index is 1.17. The number of hydrogen-bond acceptors (Lipinski definition) is 1. The maximum absolute atomic E-state index is 2.50. The zero-order chi connectivity index (χ0) is 29.0. The van der Waals surface area contributed by atoms with Crippen LogP contribution in [0.25, 0.3) is 81.0 Å². The van der Waals surface area contributed by atoms with Crippen molar-refractivity contribution in [3.05, 3.63) is 164 Å². The fourth-order valence-corrected chi connectivity index (χ4v) is 7.93. The summed E-state index contributed by atoms with van der Waals surface area (Å²) < 4.78 is 5.15. The summed E-state index contributed by atoms with van der Waals surface area (Å²) >= 11 is 1.90. The molecule has 9 aromatic rings. The molecule has 0 saturated heterocycles. The normalized spacial score (nSPS) is 11.6. The highest BCUT2D eigenvalue weighted by molar-refractivity contribution is 7.26. The SMILES string of the molecule is c1ccc(-c2ccc(-c3cc(-c4ccccc4)cc(-n4c5ccccc5c5ccc6c7ccccc7sc6c54)c3)cc2)cc1. The lowest BCUT2D eigenvalue weighted by molar-refractivity contribution is 1.19. The van der Waals surface area contributed by atoms with Gasteiger partial charge in [-0.3, -0.25) is 0 Å². The fraction of sp³-hybridized carbons (Fsp3) is 0. The quantitative estimate of drug-likeness (QED) is 0.196. The van der Waals surface area contributed by atoms with Gasteiger partial charge in [-0.2, -0.15) is 0 Å². The smallest absolute Gasteiger partial charge is 0.0719 e. The van der Waals surface area contributed by atoms with Gasteiger partial charge < -0.3 is 4.57 Å².